The Bertz CT molecular complexity index is 1170. The maximum Gasteiger partial charge on any atom is 0.251 e. The molecule has 1 heterocycles. The van der Waals surface area contributed by atoms with Crippen LogP contribution in [-0.4, -0.2) is 32.3 Å². The number of aryl methyl sites for hydroxylation is 1. The van der Waals surface area contributed by atoms with E-state index in [-0.39, 0.29) is 23.3 Å². The van der Waals surface area contributed by atoms with Crippen LogP contribution in [0.4, 0.5) is 10.1 Å². The van der Waals surface area contributed by atoms with E-state index in [9.17, 15) is 14.0 Å². The zero-order valence-electron chi connectivity index (χ0n) is 18.1. The average Bonchev–Trinajstić information content (AvgIpc) is 3.17. The number of carbonyl (C=O) groups is 2. The first-order chi connectivity index (χ1) is 15.8. The number of nitrogens with one attached hydrogen (secondary N) is 2. The molecule has 2 aromatic carbocycles. The second-order valence-corrected chi connectivity index (χ2v) is 9.12. The van der Waals surface area contributed by atoms with E-state index in [1.165, 1.54) is 12.1 Å². The van der Waals surface area contributed by atoms with E-state index < -0.39 is 11.9 Å². The monoisotopic (exact) mass is 531 g/mol. The molecular formula is C23H23BrFN5O2S. The van der Waals surface area contributed by atoms with Crippen LogP contribution in [0.25, 0.3) is 0 Å². The van der Waals surface area contributed by atoms with Gasteiger partial charge in [0.1, 0.15) is 5.82 Å². The van der Waals surface area contributed by atoms with Gasteiger partial charge < -0.3 is 15.2 Å². The highest BCUT2D eigenvalue weighted by Gasteiger charge is 2.20. The Morgan fingerprint density at radius 3 is 2.64 bits per heavy atom. The molecule has 0 fully saturated rings. The van der Waals surface area contributed by atoms with Crippen molar-refractivity contribution in [2.75, 3.05) is 11.1 Å². The van der Waals surface area contributed by atoms with Crippen molar-refractivity contribution in [1.82, 2.24) is 20.1 Å². The molecule has 0 saturated heterocycles. The van der Waals surface area contributed by atoms with Gasteiger partial charge in [0.2, 0.25) is 5.91 Å². The summed E-state index contributed by atoms with van der Waals surface area (Å²) >= 11 is 4.35. The Hall–Kier alpha value is -2.98. The molecule has 0 saturated carbocycles. The highest BCUT2D eigenvalue weighted by atomic mass is 79.9. The van der Waals surface area contributed by atoms with Crippen LogP contribution in [0.15, 0.2) is 64.7 Å². The molecule has 0 radical (unpaired) electrons. The van der Waals surface area contributed by atoms with Gasteiger partial charge in [-0.3, -0.25) is 9.59 Å². The summed E-state index contributed by atoms with van der Waals surface area (Å²) in [6.45, 7) is 7.93. The molecule has 172 valence electrons. The van der Waals surface area contributed by atoms with E-state index in [0.29, 0.717) is 27.6 Å². The van der Waals surface area contributed by atoms with Gasteiger partial charge in [0.05, 0.1) is 17.5 Å². The standard InChI is InChI=1S/C23H23BrFN5O2S/c1-4-11-30-21(15(3)26-22(32)16-7-5-14(2)6-8-16)28-29-23(30)33-13-20(31)27-19-10-9-17(24)12-18(19)25/h4-10,12,15H,1,11,13H2,2-3H3,(H,26,32)(H,27,31)/t15-/m0/s1. The number of nitrogens with zero attached hydrogens (tertiary/aromatic N) is 3. The van der Waals surface area contributed by atoms with Crippen molar-refractivity contribution < 1.29 is 14.0 Å². The lowest BCUT2D eigenvalue weighted by molar-refractivity contribution is -0.113. The molecular weight excluding hydrogens is 509 g/mol. The molecule has 7 nitrogen and oxygen atoms in total. The minimum Gasteiger partial charge on any atom is -0.342 e. The van der Waals surface area contributed by atoms with Crippen LogP contribution in [0.2, 0.25) is 0 Å². The number of hydrogen-bond donors (Lipinski definition) is 2. The summed E-state index contributed by atoms with van der Waals surface area (Å²) in [6.07, 6.45) is 1.68. The molecule has 2 amide bonds. The molecule has 2 N–H and O–H groups in total. The van der Waals surface area contributed by atoms with Gasteiger partial charge in [-0.15, -0.1) is 16.8 Å². The topological polar surface area (TPSA) is 88.9 Å². The molecule has 1 aromatic heterocycles. The number of carbonyl (C=O) groups excluding carboxylic acids is 2. The molecule has 0 aliphatic rings. The number of rotatable bonds is 9. The van der Waals surface area contributed by atoms with Gasteiger partial charge in [0, 0.05) is 16.6 Å². The van der Waals surface area contributed by atoms with Crippen molar-refractivity contribution in [3.8, 4) is 0 Å². The number of thioether (sulfide) groups is 1. The number of allylic oxidation sites excluding steroid dienone is 1. The maximum absolute atomic E-state index is 14.0. The summed E-state index contributed by atoms with van der Waals surface area (Å²) in [6, 6.07) is 11.3. The molecule has 1 atom stereocenters. The molecule has 0 aliphatic carbocycles. The Kier molecular flexibility index (Phi) is 8.40. The molecule has 0 spiro atoms. The summed E-state index contributed by atoms with van der Waals surface area (Å²) in [5.74, 6) is -0.581. The smallest absolute Gasteiger partial charge is 0.251 e. The van der Waals surface area contributed by atoms with Crippen molar-refractivity contribution in [3.63, 3.8) is 0 Å². The summed E-state index contributed by atoms with van der Waals surface area (Å²) in [5.41, 5.74) is 1.72. The predicted molar refractivity (Wildman–Crippen MR) is 131 cm³/mol. The number of aromatic nitrogens is 3. The van der Waals surface area contributed by atoms with Gasteiger partial charge in [0.25, 0.3) is 5.91 Å². The zero-order valence-corrected chi connectivity index (χ0v) is 20.5. The number of benzene rings is 2. The average molecular weight is 532 g/mol. The van der Waals surface area contributed by atoms with Gasteiger partial charge in [-0.05, 0) is 44.2 Å². The molecule has 33 heavy (non-hydrogen) atoms. The normalized spacial score (nSPS) is 11.6. The third kappa shape index (κ3) is 6.52. The molecule has 0 aliphatic heterocycles. The Morgan fingerprint density at radius 1 is 1.24 bits per heavy atom. The summed E-state index contributed by atoms with van der Waals surface area (Å²) in [4.78, 5) is 24.9. The van der Waals surface area contributed by atoms with E-state index in [1.54, 1.807) is 28.8 Å². The van der Waals surface area contributed by atoms with Crippen molar-refractivity contribution >= 4 is 45.2 Å². The second-order valence-electron chi connectivity index (χ2n) is 7.26. The van der Waals surface area contributed by atoms with E-state index in [0.717, 1.165) is 17.3 Å². The van der Waals surface area contributed by atoms with Gasteiger partial charge in [0.15, 0.2) is 11.0 Å². The van der Waals surface area contributed by atoms with E-state index in [2.05, 4.69) is 43.3 Å². The SMILES string of the molecule is C=CCn1c(SCC(=O)Nc2ccc(Br)cc2F)nnc1[C@H](C)NC(=O)c1ccc(C)cc1. The van der Waals surface area contributed by atoms with Gasteiger partial charge >= 0.3 is 0 Å². The van der Waals surface area contributed by atoms with Crippen LogP contribution in [0, 0.1) is 12.7 Å². The lowest BCUT2D eigenvalue weighted by Gasteiger charge is -2.15. The molecule has 3 aromatic rings. The van der Waals surface area contributed by atoms with Crippen LogP contribution >= 0.6 is 27.7 Å². The molecule has 0 bridgehead atoms. The first-order valence-electron chi connectivity index (χ1n) is 10.1. The minimum absolute atomic E-state index is 0.00882. The number of halogens is 2. The van der Waals surface area contributed by atoms with Crippen LogP contribution in [0.5, 0.6) is 0 Å². The fourth-order valence-electron chi connectivity index (χ4n) is 2.98. The van der Waals surface area contributed by atoms with Gasteiger partial charge in [-0.25, -0.2) is 4.39 Å². The lowest BCUT2D eigenvalue weighted by atomic mass is 10.1. The highest BCUT2D eigenvalue weighted by Crippen LogP contribution is 2.23. The van der Waals surface area contributed by atoms with Crippen LogP contribution in [0.1, 0.15) is 34.7 Å². The number of amides is 2. The van der Waals surface area contributed by atoms with Crippen LogP contribution < -0.4 is 10.6 Å². The number of anilines is 1. The summed E-state index contributed by atoms with van der Waals surface area (Å²) < 4.78 is 16.3. The molecule has 3 rings (SSSR count). The van der Waals surface area contributed by atoms with Crippen molar-refractivity contribution in [2.24, 2.45) is 0 Å². The Morgan fingerprint density at radius 2 is 1.97 bits per heavy atom. The quantitative estimate of drug-likeness (QED) is 0.303. The lowest BCUT2D eigenvalue weighted by Crippen LogP contribution is -2.28. The zero-order chi connectivity index (χ0) is 24.0. The number of hydrogen-bond acceptors (Lipinski definition) is 5. The third-order valence-corrected chi connectivity index (χ3v) is 6.10. The fourth-order valence-corrected chi connectivity index (χ4v) is 4.07. The van der Waals surface area contributed by atoms with E-state index in [1.807, 2.05) is 26.0 Å². The first-order valence-corrected chi connectivity index (χ1v) is 11.9. The van der Waals surface area contributed by atoms with E-state index >= 15 is 0 Å². The molecule has 0 unspecified atom stereocenters. The summed E-state index contributed by atoms with van der Waals surface area (Å²) in [7, 11) is 0. The summed E-state index contributed by atoms with van der Waals surface area (Å²) in [5, 5.41) is 14.3. The maximum atomic E-state index is 14.0. The third-order valence-electron chi connectivity index (χ3n) is 4.64. The van der Waals surface area contributed by atoms with Gasteiger partial charge in [-0.1, -0.05) is 51.5 Å². The highest BCUT2D eigenvalue weighted by molar-refractivity contribution is 9.10. The van der Waals surface area contributed by atoms with E-state index in [4.69, 9.17) is 0 Å². The second kappa shape index (κ2) is 11.2. The fraction of sp³-hybridized carbons (Fsp3) is 0.217. The van der Waals surface area contributed by atoms with Crippen molar-refractivity contribution in [1.29, 1.82) is 0 Å². The van der Waals surface area contributed by atoms with Crippen LogP contribution in [0.3, 0.4) is 0 Å². The van der Waals surface area contributed by atoms with Crippen LogP contribution in [-0.2, 0) is 11.3 Å². The largest absolute Gasteiger partial charge is 0.342 e. The van der Waals surface area contributed by atoms with Crippen molar-refractivity contribution in [3.05, 3.63) is 82.4 Å². The predicted octanol–water partition coefficient (Wildman–Crippen LogP) is 4.90. The minimum atomic E-state index is -0.530. The molecule has 10 heteroatoms. The van der Waals surface area contributed by atoms with Crippen molar-refractivity contribution in [2.45, 2.75) is 31.6 Å². The first kappa shape index (κ1) is 24.7. The Balaban J connectivity index is 1.66. The Labute approximate surface area is 204 Å². The van der Waals surface area contributed by atoms with Gasteiger partial charge in [-0.2, -0.15) is 0 Å².